The Labute approximate surface area is 210 Å². The number of piperidine rings is 1. The normalized spacial score (nSPS) is 16.9. The number of benzene rings is 2. The molecule has 1 aromatic heterocycles. The number of morpholine rings is 1. The Hall–Kier alpha value is -3.87. The number of ether oxygens (including phenoxy) is 2. The van der Waals surface area contributed by atoms with E-state index in [1.54, 1.807) is 30.6 Å². The SMILES string of the molecule is COc1cc(-c2cnc(Nc3ccc(N4CCC(N5CCOCC5)CC4)cc3O)nc2)ccc1C#N. The zero-order chi connectivity index (χ0) is 24.9. The molecule has 2 aliphatic heterocycles. The number of rotatable bonds is 6. The second-order valence-corrected chi connectivity index (χ2v) is 9.02. The van der Waals surface area contributed by atoms with Crippen molar-refractivity contribution < 1.29 is 14.6 Å². The summed E-state index contributed by atoms with van der Waals surface area (Å²) in [6.07, 6.45) is 5.62. The molecule has 5 rings (SSSR count). The molecule has 3 aromatic rings. The first kappa shape index (κ1) is 23.9. The summed E-state index contributed by atoms with van der Waals surface area (Å²) in [5.74, 6) is 1.05. The molecule has 0 radical (unpaired) electrons. The largest absolute Gasteiger partial charge is 0.506 e. The summed E-state index contributed by atoms with van der Waals surface area (Å²) in [7, 11) is 1.54. The van der Waals surface area contributed by atoms with Crippen LogP contribution in [0.3, 0.4) is 0 Å². The number of nitrogens with zero attached hydrogens (tertiary/aromatic N) is 5. The molecule has 0 aliphatic carbocycles. The third-order valence-corrected chi connectivity index (χ3v) is 6.93. The molecule has 0 saturated carbocycles. The standard InChI is InChI=1S/C27H30N6O3/c1-35-26-14-19(2-3-20(26)16-28)21-17-29-27(30-18-21)31-24-5-4-23(15-25(24)34)32-8-6-22(7-9-32)33-10-12-36-13-11-33/h2-5,14-15,17-18,22,34H,6-13H2,1H3,(H,29,30,31). The summed E-state index contributed by atoms with van der Waals surface area (Å²) < 4.78 is 10.8. The minimum Gasteiger partial charge on any atom is -0.506 e. The fraction of sp³-hybridized carbons (Fsp3) is 0.370. The summed E-state index contributed by atoms with van der Waals surface area (Å²) >= 11 is 0. The number of methoxy groups -OCH3 is 1. The molecule has 3 heterocycles. The molecule has 0 spiro atoms. The number of nitriles is 1. The van der Waals surface area contributed by atoms with Gasteiger partial charge in [0.25, 0.3) is 0 Å². The van der Waals surface area contributed by atoms with Crippen LogP contribution in [0.2, 0.25) is 0 Å². The molecule has 0 amide bonds. The van der Waals surface area contributed by atoms with Crippen molar-refractivity contribution >= 4 is 17.3 Å². The van der Waals surface area contributed by atoms with Crippen molar-refractivity contribution in [1.82, 2.24) is 14.9 Å². The molecule has 0 atom stereocenters. The fourth-order valence-electron chi connectivity index (χ4n) is 4.88. The Morgan fingerprint density at radius 3 is 2.44 bits per heavy atom. The van der Waals surface area contributed by atoms with Crippen LogP contribution >= 0.6 is 0 Å². The van der Waals surface area contributed by atoms with Crippen LogP contribution in [-0.2, 0) is 4.74 Å². The minimum absolute atomic E-state index is 0.160. The second kappa shape index (κ2) is 10.8. The summed E-state index contributed by atoms with van der Waals surface area (Å²) in [4.78, 5) is 13.7. The maximum atomic E-state index is 10.7. The van der Waals surface area contributed by atoms with E-state index in [2.05, 4.69) is 31.2 Å². The van der Waals surface area contributed by atoms with E-state index < -0.39 is 0 Å². The van der Waals surface area contributed by atoms with Crippen LogP contribution in [-0.4, -0.2) is 72.5 Å². The number of hydrogen-bond acceptors (Lipinski definition) is 9. The predicted molar refractivity (Wildman–Crippen MR) is 138 cm³/mol. The van der Waals surface area contributed by atoms with Gasteiger partial charge in [0, 0.05) is 61.9 Å². The van der Waals surface area contributed by atoms with Gasteiger partial charge in [0.05, 0.1) is 31.6 Å². The quantitative estimate of drug-likeness (QED) is 0.504. The lowest BCUT2D eigenvalue weighted by molar-refractivity contribution is 0.0115. The summed E-state index contributed by atoms with van der Waals surface area (Å²) in [5, 5.41) is 22.9. The highest BCUT2D eigenvalue weighted by molar-refractivity contribution is 5.69. The lowest BCUT2D eigenvalue weighted by Crippen LogP contribution is -2.49. The molecule has 0 unspecified atom stereocenters. The van der Waals surface area contributed by atoms with E-state index in [0.717, 1.165) is 69.0 Å². The Morgan fingerprint density at radius 1 is 1.03 bits per heavy atom. The lowest BCUT2D eigenvalue weighted by atomic mass is 10.0. The second-order valence-electron chi connectivity index (χ2n) is 9.02. The Kier molecular flexibility index (Phi) is 7.16. The van der Waals surface area contributed by atoms with Crippen molar-refractivity contribution in [3.63, 3.8) is 0 Å². The van der Waals surface area contributed by atoms with Gasteiger partial charge in [-0.15, -0.1) is 0 Å². The molecule has 2 saturated heterocycles. The number of aromatic nitrogens is 2. The van der Waals surface area contributed by atoms with Crippen molar-refractivity contribution in [2.45, 2.75) is 18.9 Å². The van der Waals surface area contributed by atoms with Crippen LogP contribution in [0, 0.1) is 11.3 Å². The van der Waals surface area contributed by atoms with Crippen LogP contribution in [0.5, 0.6) is 11.5 Å². The highest BCUT2D eigenvalue weighted by Gasteiger charge is 2.26. The molecule has 2 N–H and O–H groups in total. The van der Waals surface area contributed by atoms with E-state index in [1.165, 1.54) is 7.11 Å². The summed E-state index contributed by atoms with van der Waals surface area (Å²) in [6.45, 7) is 5.66. The van der Waals surface area contributed by atoms with Gasteiger partial charge < -0.3 is 24.8 Å². The van der Waals surface area contributed by atoms with Crippen molar-refractivity contribution in [2.75, 3.05) is 56.7 Å². The highest BCUT2D eigenvalue weighted by Crippen LogP contribution is 2.33. The predicted octanol–water partition coefficient (Wildman–Crippen LogP) is 3.77. The van der Waals surface area contributed by atoms with Gasteiger partial charge in [0.2, 0.25) is 5.95 Å². The molecule has 2 aliphatic rings. The van der Waals surface area contributed by atoms with Crippen molar-refractivity contribution in [2.24, 2.45) is 0 Å². The van der Waals surface area contributed by atoms with Crippen LogP contribution < -0.4 is 15.0 Å². The lowest BCUT2D eigenvalue weighted by Gasteiger charge is -2.40. The molecule has 2 aromatic carbocycles. The topological polar surface area (TPSA) is 107 Å². The van der Waals surface area contributed by atoms with Crippen LogP contribution in [0.1, 0.15) is 18.4 Å². The smallest absolute Gasteiger partial charge is 0.227 e. The van der Waals surface area contributed by atoms with Gasteiger partial charge in [-0.2, -0.15) is 5.26 Å². The number of phenols is 1. The Bertz CT molecular complexity index is 1230. The van der Waals surface area contributed by atoms with Crippen molar-refractivity contribution in [1.29, 1.82) is 5.26 Å². The average Bonchev–Trinajstić information content (AvgIpc) is 2.94. The Balaban J connectivity index is 1.21. The minimum atomic E-state index is 0.160. The van der Waals surface area contributed by atoms with Gasteiger partial charge in [-0.3, -0.25) is 4.90 Å². The first-order chi connectivity index (χ1) is 17.6. The van der Waals surface area contributed by atoms with E-state index in [4.69, 9.17) is 14.7 Å². The van der Waals surface area contributed by atoms with Gasteiger partial charge in [-0.1, -0.05) is 6.07 Å². The van der Waals surface area contributed by atoms with E-state index in [1.807, 2.05) is 18.2 Å². The zero-order valence-electron chi connectivity index (χ0n) is 20.4. The summed E-state index contributed by atoms with van der Waals surface area (Å²) in [5.41, 5.74) is 3.69. The van der Waals surface area contributed by atoms with Crippen LogP contribution in [0.4, 0.5) is 17.3 Å². The molecular weight excluding hydrogens is 456 g/mol. The maximum absolute atomic E-state index is 10.7. The molecular formula is C27H30N6O3. The molecule has 36 heavy (non-hydrogen) atoms. The van der Waals surface area contributed by atoms with E-state index in [0.29, 0.717) is 29.0 Å². The number of phenolic OH excluding ortho intramolecular Hbond substituents is 1. The van der Waals surface area contributed by atoms with E-state index in [9.17, 15) is 5.11 Å². The zero-order valence-corrected chi connectivity index (χ0v) is 20.4. The fourth-order valence-corrected chi connectivity index (χ4v) is 4.88. The van der Waals surface area contributed by atoms with E-state index >= 15 is 0 Å². The maximum Gasteiger partial charge on any atom is 0.227 e. The number of aromatic hydroxyl groups is 1. The highest BCUT2D eigenvalue weighted by atomic mass is 16.5. The van der Waals surface area contributed by atoms with E-state index in [-0.39, 0.29) is 5.75 Å². The number of nitrogens with one attached hydrogen (secondary N) is 1. The third-order valence-electron chi connectivity index (χ3n) is 6.93. The first-order valence-electron chi connectivity index (χ1n) is 12.2. The molecule has 2 fully saturated rings. The molecule has 9 nitrogen and oxygen atoms in total. The molecule has 9 heteroatoms. The summed E-state index contributed by atoms with van der Waals surface area (Å²) in [6, 6.07) is 13.7. The van der Waals surface area contributed by atoms with Gasteiger partial charge in [-0.05, 0) is 42.7 Å². The van der Waals surface area contributed by atoms with Gasteiger partial charge in [0.1, 0.15) is 17.6 Å². The van der Waals surface area contributed by atoms with Crippen molar-refractivity contribution in [3.05, 3.63) is 54.4 Å². The Morgan fingerprint density at radius 2 is 1.78 bits per heavy atom. The van der Waals surface area contributed by atoms with Gasteiger partial charge in [-0.25, -0.2) is 9.97 Å². The third kappa shape index (κ3) is 5.20. The monoisotopic (exact) mass is 486 g/mol. The first-order valence-corrected chi connectivity index (χ1v) is 12.2. The van der Waals surface area contributed by atoms with Gasteiger partial charge in [0.15, 0.2) is 0 Å². The van der Waals surface area contributed by atoms with Gasteiger partial charge >= 0.3 is 0 Å². The molecule has 186 valence electrons. The van der Waals surface area contributed by atoms with Crippen LogP contribution in [0.15, 0.2) is 48.8 Å². The number of anilines is 3. The average molecular weight is 487 g/mol. The number of hydrogen-bond donors (Lipinski definition) is 2. The van der Waals surface area contributed by atoms with Crippen LogP contribution in [0.25, 0.3) is 11.1 Å². The van der Waals surface area contributed by atoms with Crippen molar-refractivity contribution in [3.8, 4) is 28.7 Å². The molecule has 0 bridgehead atoms.